The lowest BCUT2D eigenvalue weighted by Gasteiger charge is -1.98. The number of nitrogens with one attached hydrogen (secondary N) is 1. The number of amides is 1. The van der Waals surface area contributed by atoms with Crippen molar-refractivity contribution < 1.29 is 9.18 Å². The molecule has 1 N–H and O–H groups in total. The van der Waals surface area contributed by atoms with Gasteiger partial charge in [0.2, 0.25) is 5.91 Å². The fourth-order valence-corrected chi connectivity index (χ4v) is 2.82. The Labute approximate surface area is 123 Å². The number of imidazole rings is 1. The van der Waals surface area contributed by atoms with Crippen molar-refractivity contribution in [2.24, 2.45) is 5.92 Å². The number of nitrogens with zero attached hydrogens (tertiary/aromatic N) is 3. The van der Waals surface area contributed by atoms with Crippen LogP contribution in [0.1, 0.15) is 6.42 Å². The van der Waals surface area contributed by atoms with Gasteiger partial charge >= 0.3 is 0 Å². The van der Waals surface area contributed by atoms with Crippen LogP contribution in [0.5, 0.6) is 0 Å². The summed E-state index contributed by atoms with van der Waals surface area (Å²) >= 11 is 1.56. The summed E-state index contributed by atoms with van der Waals surface area (Å²) in [6.45, 7) is 0. The van der Waals surface area contributed by atoms with Crippen LogP contribution in [0, 0.1) is 5.92 Å². The molecule has 2 unspecified atom stereocenters. The Bertz CT molecular complexity index is 814. The standard InChI is InChI=1S/C14H11FN4OS/c15-10-3-9(10)14(20)18-12-6-19-5-8(1-2-13(19)17-12)11-4-16-7-21-11/h1-2,4-7,9-10H,3H2,(H,18,20). The molecule has 0 radical (unpaired) electrons. The summed E-state index contributed by atoms with van der Waals surface area (Å²) in [6, 6.07) is 3.83. The maximum absolute atomic E-state index is 12.9. The third-order valence-electron chi connectivity index (χ3n) is 3.47. The third-order valence-corrected chi connectivity index (χ3v) is 4.29. The van der Waals surface area contributed by atoms with Gasteiger partial charge in [0.15, 0.2) is 5.82 Å². The summed E-state index contributed by atoms with van der Waals surface area (Å²) in [6.07, 6.45) is 4.78. The molecule has 1 amide bonds. The summed E-state index contributed by atoms with van der Waals surface area (Å²) in [5.74, 6) is -0.364. The Kier molecular flexibility index (Phi) is 2.75. The van der Waals surface area contributed by atoms with Gasteiger partial charge in [-0.05, 0) is 18.6 Å². The average Bonchev–Trinajstić information content (AvgIpc) is 2.92. The molecule has 0 spiro atoms. The van der Waals surface area contributed by atoms with Crippen LogP contribution >= 0.6 is 11.3 Å². The first-order valence-electron chi connectivity index (χ1n) is 6.53. The smallest absolute Gasteiger partial charge is 0.231 e. The van der Waals surface area contributed by atoms with E-state index >= 15 is 0 Å². The molecule has 21 heavy (non-hydrogen) atoms. The molecule has 0 bridgehead atoms. The first-order chi connectivity index (χ1) is 10.2. The zero-order chi connectivity index (χ0) is 14.4. The number of aromatic nitrogens is 3. The minimum Gasteiger partial charge on any atom is -0.309 e. The van der Waals surface area contributed by atoms with Crippen LogP contribution in [0.2, 0.25) is 0 Å². The van der Waals surface area contributed by atoms with Crippen molar-refractivity contribution in [1.29, 1.82) is 0 Å². The van der Waals surface area contributed by atoms with Crippen molar-refractivity contribution in [1.82, 2.24) is 14.4 Å². The van der Waals surface area contributed by atoms with Gasteiger partial charge in [-0.3, -0.25) is 9.78 Å². The van der Waals surface area contributed by atoms with Crippen molar-refractivity contribution in [3.8, 4) is 10.4 Å². The zero-order valence-electron chi connectivity index (χ0n) is 10.9. The number of anilines is 1. The molecule has 1 aliphatic carbocycles. The highest BCUT2D eigenvalue weighted by Gasteiger charge is 2.43. The largest absolute Gasteiger partial charge is 0.309 e. The van der Waals surface area contributed by atoms with E-state index in [-0.39, 0.29) is 5.91 Å². The molecule has 0 aromatic carbocycles. The van der Waals surface area contributed by atoms with Crippen LogP contribution in [-0.4, -0.2) is 26.4 Å². The SMILES string of the molecule is O=C(Nc1cn2cc(-c3cncs3)ccc2n1)C1CC1F. The quantitative estimate of drug-likeness (QED) is 0.809. The summed E-state index contributed by atoms with van der Waals surface area (Å²) in [5.41, 5.74) is 3.54. The molecule has 0 saturated heterocycles. The fraction of sp³-hybridized carbons (Fsp3) is 0.214. The predicted octanol–water partition coefficient (Wildman–Crippen LogP) is 2.75. The second-order valence-electron chi connectivity index (χ2n) is 5.02. The molecule has 3 aromatic rings. The molecule has 1 fully saturated rings. The zero-order valence-corrected chi connectivity index (χ0v) is 11.7. The van der Waals surface area contributed by atoms with Gasteiger partial charge in [0, 0.05) is 18.0 Å². The number of pyridine rings is 1. The van der Waals surface area contributed by atoms with Crippen LogP contribution < -0.4 is 5.32 Å². The van der Waals surface area contributed by atoms with E-state index in [0.717, 1.165) is 16.1 Å². The molecule has 0 aliphatic heterocycles. The maximum Gasteiger partial charge on any atom is 0.231 e. The van der Waals surface area contributed by atoms with Crippen molar-refractivity contribution >= 4 is 28.7 Å². The normalized spacial score (nSPS) is 20.6. The van der Waals surface area contributed by atoms with E-state index in [1.54, 1.807) is 29.2 Å². The first kappa shape index (κ1) is 12.5. The van der Waals surface area contributed by atoms with Gasteiger partial charge in [-0.1, -0.05) is 0 Å². The predicted molar refractivity (Wildman–Crippen MR) is 77.9 cm³/mol. The molecule has 4 rings (SSSR count). The van der Waals surface area contributed by atoms with Crippen molar-refractivity contribution in [3.05, 3.63) is 36.2 Å². The second-order valence-corrected chi connectivity index (χ2v) is 5.91. The number of thiazole rings is 1. The molecule has 1 saturated carbocycles. The van der Waals surface area contributed by atoms with Gasteiger partial charge in [0.1, 0.15) is 11.8 Å². The molecule has 5 nitrogen and oxygen atoms in total. The van der Waals surface area contributed by atoms with E-state index in [9.17, 15) is 9.18 Å². The first-order valence-corrected chi connectivity index (χ1v) is 7.41. The minimum atomic E-state index is -1.00. The summed E-state index contributed by atoms with van der Waals surface area (Å²) in [5, 5.41) is 2.66. The van der Waals surface area contributed by atoms with Crippen LogP contribution in [0.3, 0.4) is 0 Å². The summed E-state index contributed by atoms with van der Waals surface area (Å²) in [4.78, 5) is 21.1. The van der Waals surface area contributed by atoms with E-state index in [1.807, 2.05) is 22.7 Å². The van der Waals surface area contributed by atoms with Gasteiger partial charge in [0.05, 0.1) is 22.5 Å². The number of carbonyl (C=O) groups is 1. The number of fused-ring (bicyclic) bond motifs is 1. The number of hydrogen-bond acceptors (Lipinski definition) is 4. The highest BCUT2D eigenvalue weighted by Crippen LogP contribution is 2.34. The lowest BCUT2D eigenvalue weighted by Crippen LogP contribution is -2.15. The molecule has 3 aromatic heterocycles. The van der Waals surface area contributed by atoms with Crippen LogP contribution in [0.25, 0.3) is 16.1 Å². The minimum absolute atomic E-state index is 0.298. The highest BCUT2D eigenvalue weighted by molar-refractivity contribution is 7.13. The van der Waals surface area contributed by atoms with Gasteiger partial charge < -0.3 is 9.72 Å². The van der Waals surface area contributed by atoms with E-state index in [2.05, 4.69) is 15.3 Å². The van der Waals surface area contributed by atoms with Crippen molar-refractivity contribution in [2.75, 3.05) is 5.32 Å². The molecule has 106 valence electrons. The van der Waals surface area contributed by atoms with Crippen LogP contribution in [0.4, 0.5) is 10.2 Å². The fourth-order valence-electron chi connectivity index (χ4n) is 2.21. The van der Waals surface area contributed by atoms with Crippen LogP contribution in [0.15, 0.2) is 36.2 Å². The number of halogens is 1. The Morgan fingerprint density at radius 3 is 3.00 bits per heavy atom. The topological polar surface area (TPSA) is 59.3 Å². The average molecular weight is 302 g/mol. The maximum atomic E-state index is 12.9. The molecular formula is C14H11FN4OS. The van der Waals surface area contributed by atoms with Gasteiger partial charge in [0.25, 0.3) is 0 Å². The Morgan fingerprint density at radius 1 is 1.43 bits per heavy atom. The molecule has 7 heteroatoms. The molecular weight excluding hydrogens is 291 g/mol. The second kappa shape index (κ2) is 4.63. The van der Waals surface area contributed by atoms with Crippen molar-refractivity contribution in [3.63, 3.8) is 0 Å². The Morgan fingerprint density at radius 2 is 2.29 bits per heavy atom. The summed E-state index contributed by atoms with van der Waals surface area (Å²) in [7, 11) is 0. The number of alkyl halides is 1. The van der Waals surface area contributed by atoms with Gasteiger partial charge in [-0.25, -0.2) is 9.37 Å². The van der Waals surface area contributed by atoms with E-state index < -0.39 is 12.1 Å². The Hall–Kier alpha value is -2.28. The molecule has 2 atom stereocenters. The molecule has 1 aliphatic rings. The van der Waals surface area contributed by atoms with Gasteiger partial charge in [-0.15, -0.1) is 11.3 Å². The lowest BCUT2D eigenvalue weighted by molar-refractivity contribution is -0.117. The van der Waals surface area contributed by atoms with Crippen molar-refractivity contribution in [2.45, 2.75) is 12.6 Å². The molecule has 3 heterocycles. The Balaban J connectivity index is 1.62. The summed E-state index contributed by atoms with van der Waals surface area (Å²) < 4.78 is 14.7. The highest BCUT2D eigenvalue weighted by atomic mass is 32.1. The number of carbonyl (C=O) groups excluding carboxylic acids is 1. The van der Waals surface area contributed by atoms with E-state index in [4.69, 9.17) is 0 Å². The lowest BCUT2D eigenvalue weighted by atomic mass is 10.2. The number of hydrogen-bond donors (Lipinski definition) is 1. The van der Waals surface area contributed by atoms with Crippen LogP contribution in [-0.2, 0) is 4.79 Å². The van der Waals surface area contributed by atoms with E-state index in [1.165, 1.54) is 0 Å². The number of rotatable bonds is 3. The van der Waals surface area contributed by atoms with Gasteiger partial charge in [-0.2, -0.15) is 0 Å². The monoisotopic (exact) mass is 302 g/mol. The third kappa shape index (κ3) is 2.29. The van der Waals surface area contributed by atoms with E-state index in [0.29, 0.717) is 12.2 Å².